The lowest BCUT2D eigenvalue weighted by molar-refractivity contribution is 0.0942. The number of benzene rings is 1. The van der Waals surface area contributed by atoms with Crippen molar-refractivity contribution in [3.63, 3.8) is 0 Å². The molecule has 32 heavy (non-hydrogen) atoms. The summed E-state index contributed by atoms with van der Waals surface area (Å²) in [5.41, 5.74) is 0.190. The number of halogens is 2. The van der Waals surface area contributed by atoms with Gasteiger partial charge in [0.25, 0.3) is 17.4 Å². The average Bonchev–Trinajstić information content (AvgIpc) is 2.80. The van der Waals surface area contributed by atoms with Crippen LogP contribution in [0.3, 0.4) is 0 Å². The predicted molar refractivity (Wildman–Crippen MR) is 125 cm³/mol. The van der Waals surface area contributed by atoms with Crippen LogP contribution in [0.5, 0.6) is 0 Å². The molecule has 3 aromatic rings. The number of pyridine rings is 1. The summed E-state index contributed by atoms with van der Waals surface area (Å²) in [7, 11) is 0. The van der Waals surface area contributed by atoms with Crippen LogP contribution in [0.15, 0.2) is 47.5 Å². The molecular formula is C23H22Cl2N4O3. The van der Waals surface area contributed by atoms with E-state index >= 15 is 0 Å². The van der Waals surface area contributed by atoms with E-state index in [1.165, 1.54) is 48.2 Å². The van der Waals surface area contributed by atoms with Crippen LogP contribution in [-0.4, -0.2) is 27.7 Å². The predicted octanol–water partition coefficient (Wildman–Crippen LogP) is 4.56. The van der Waals surface area contributed by atoms with Crippen molar-refractivity contribution in [2.75, 3.05) is 11.9 Å². The lowest BCUT2D eigenvalue weighted by Crippen LogP contribution is -2.31. The molecule has 0 spiro atoms. The van der Waals surface area contributed by atoms with E-state index in [0.717, 1.165) is 12.8 Å². The van der Waals surface area contributed by atoms with Gasteiger partial charge in [-0.05, 0) is 43.0 Å². The van der Waals surface area contributed by atoms with Crippen molar-refractivity contribution in [1.82, 2.24) is 14.7 Å². The third-order valence-electron chi connectivity index (χ3n) is 5.68. The topological polar surface area (TPSA) is 92.6 Å². The zero-order chi connectivity index (χ0) is 22.7. The molecule has 0 saturated heterocycles. The molecule has 1 saturated carbocycles. The lowest BCUT2D eigenvalue weighted by atomic mass is 9.89. The van der Waals surface area contributed by atoms with Crippen LogP contribution < -0.4 is 16.2 Å². The number of nitrogens with zero attached hydrogens (tertiary/aromatic N) is 2. The lowest BCUT2D eigenvalue weighted by Gasteiger charge is -2.21. The molecule has 0 atom stereocenters. The Hall–Kier alpha value is -2.90. The number of rotatable bonds is 5. The number of nitrogens with one attached hydrogen (secondary N) is 2. The molecule has 166 valence electrons. The minimum absolute atomic E-state index is 0.0525. The normalized spacial score (nSPS) is 14.3. The summed E-state index contributed by atoms with van der Waals surface area (Å²) in [5, 5.41) is 5.81. The zero-order valence-electron chi connectivity index (χ0n) is 17.2. The quantitative estimate of drug-likeness (QED) is 0.568. The number of anilines is 1. The van der Waals surface area contributed by atoms with Crippen LogP contribution in [-0.2, 0) is 0 Å². The monoisotopic (exact) mass is 472 g/mol. The Bertz CT molecular complexity index is 1220. The van der Waals surface area contributed by atoms with E-state index in [1.54, 1.807) is 18.2 Å². The highest BCUT2D eigenvalue weighted by atomic mass is 35.5. The van der Waals surface area contributed by atoms with E-state index in [-0.39, 0.29) is 27.2 Å². The van der Waals surface area contributed by atoms with Crippen LogP contribution in [0.4, 0.5) is 5.69 Å². The fourth-order valence-corrected chi connectivity index (χ4v) is 4.50. The number of carbonyl (C=O) groups excluding carboxylic acids is 2. The molecule has 2 N–H and O–H groups in total. The van der Waals surface area contributed by atoms with Crippen molar-refractivity contribution >= 4 is 46.4 Å². The Morgan fingerprint density at radius 1 is 1.03 bits per heavy atom. The average molecular weight is 473 g/mol. The van der Waals surface area contributed by atoms with Gasteiger partial charge in [-0.3, -0.25) is 18.8 Å². The SMILES string of the molecule is O=C(NCC1CCCCC1)c1ccc2ncc(NC(=O)c3c(Cl)cccc3Cl)c(=O)n2c1. The summed E-state index contributed by atoms with van der Waals surface area (Å²) in [6.45, 7) is 0.624. The van der Waals surface area contributed by atoms with Gasteiger partial charge in [-0.1, -0.05) is 48.5 Å². The van der Waals surface area contributed by atoms with Crippen molar-refractivity contribution in [1.29, 1.82) is 0 Å². The molecule has 4 rings (SSSR count). The largest absolute Gasteiger partial charge is 0.352 e. The maximum Gasteiger partial charge on any atom is 0.281 e. The second kappa shape index (κ2) is 9.71. The van der Waals surface area contributed by atoms with Crippen LogP contribution in [0.25, 0.3) is 5.65 Å². The first kappa shape index (κ1) is 22.3. The van der Waals surface area contributed by atoms with Crippen molar-refractivity contribution < 1.29 is 9.59 Å². The van der Waals surface area contributed by atoms with Gasteiger partial charge in [-0.2, -0.15) is 0 Å². The first-order valence-corrected chi connectivity index (χ1v) is 11.2. The van der Waals surface area contributed by atoms with Gasteiger partial charge in [0.1, 0.15) is 11.3 Å². The van der Waals surface area contributed by atoms with E-state index in [4.69, 9.17) is 23.2 Å². The molecule has 2 amide bonds. The molecule has 1 fully saturated rings. The third kappa shape index (κ3) is 4.79. The number of hydrogen-bond donors (Lipinski definition) is 2. The van der Waals surface area contributed by atoms with Crippen molar-refractivity contribution in [2.45, 2.75) is 32.1 Å². The first-order chi connectivity index (χ1) is 15.4. The van der Waals surface area contributed by atoms with Gasteiger partial charge in [0.15, 0.2) is 0 Å². The fourth-order valence-electron chi connectivity index (χ4n) is 3.93. The Morgan fingerprint density at radius 2 is 1.75 bits per heavy atom. The smallest absolute Gasteiger partial charge is 0.281 e. The van der Waals surface area contributed by atoms with Gasteiger partial charge in [0.2, 0.25) is 0 Å². The van der Waals surface area contributed by atoms with Crippen LogP contribution in [0.2, 0.25) is 10.0 Å². The molecular weight excluding hydrogens is 451 g/mol. The molecule has 0 bridgehead atoms. The summed E-state index contributed by atoms with van der Waals surface area (Å²) in [6, 6.07) is 7.90. The second-order valence-corrected chi connectivity index (χ2v) is 8.70. The molecule has 0 aliphatic heterocycles. The van der Waals surface area contributed by atoms with E-state index in [2.05, 4.69) is 15.6 Å². The number of aromatic nitrogens is 2. The third-order valence-corrected chi connectivity index (χ3v) is 6.31. The summed E-state index contributed by atoms with van der Waals surface area (Å²) >= 11 is 12.2. The van der Waals surface area contributed by atoms with Crippen LogP contribution in [0, 0.1) is 5.92 Å². The van der Waals surface area contributed by atoms with Gasteiger partial charge in [-0.15, -0.1) is 0 Å². The Morgan fingerprint density at radius 3 is 2.47 bits per heavy atom. The minimum atomic E-state index is -0.624. The van der Waals surface area contributed by atoms with E-state index in [9.17, 15) is 14.4 Å². The van der Waals surface area contributed by atoms with E-state index in [0.29, 0.717) is 23.7 Å². The molecule has 7 nitrogen and oxygen atoms in total. The molecule has 2 aromatic heterocycles. The second-order valence-electron chi connectivity index (χ2n) is 7.89. The summed E-state index contributed by atoms with van der Waals surface area (Å²) in [4.78, 5) is 42.4. The summed E-state index contributed by atoms with van der Waals surface area (Å²) in [6.07, 6.45) is 8.60. The van der Waals surface area contributed by atoms with Gasteiger partial charge >= 0.3 is 0 Å². The first-order valence-electron chi connectivity index (χ1n) is 10.5. The van der Waals surface area contributed by atoms with E-state index < -0.39 is 11.5 Å². The van der Waals surface area contributed by atoms with Gasteiger partial charge < -0.3 is 10.6 Å². The number of fused-ring (bicyclic) bond motifs is 1. The number of carbonyl (C=O) groups is 2. The molecule has 1 aliphatic carbocycles. The Kier molecular flexibility index (Phi) is 6.77. The maximum absolute atomic E-state index is 13.0. The standard InChI is InChI=1S/C23H22Cl2N4O3/c24-16-7-4-8-17(25)20(16)22(31)28-18-12-26-19-10-9-15(13-29(19)23(18)32)21(30)27-11-14-5-2-1-3-6-14/h4,7-10,12-14H,1-3,5-6,11H2,(H,27,30)(H,28,31). The molecule has 0 radical (unpaired) electrons. The number of amides is 2. The highest BCUT2D eigenvalue weighted by Crippen LogP contribution is 2.25. The summed E-state index contributed by atoms with van der Waals surface area (Å²) < 4.78 is 1.24. The fraction of sp³-hybridized carbons (Fsp3) is 0.304. The molecule has 2 heterocycles. The number of hydrogen-bond acceptors (Lipinski definition) is 4. The highest BCUT2D eigenvalue weighted by Gasteiger charge is 2.18. The molecule has 0 unspecified atom stereocenters. The Balaban J connectivity index is 1.55. The van der Waals surface area contributed by atoms with E-state index in [1.807, 2.05) is 0 Å². The van der Waals surface area contributed by atoms with Gasteiger partial charge in [0.05, 0.1) is 27.4 Å². The minimum Gasteiger partial charge on any atom is -0.352 e. The van der Waals surface area contributed by atoms with Gasteiger partial charge in [-0.25, -0.2) is 4.98 Å². The van der Waals surface area contributed by atoms with Crippen molar-refractivity contribution in [2.24, 2.45) is 5.92 Å². The molecule has 1 aliphatic rings. The highest BCUT2D eigenvalue weighted by molar-refractivity contribution is 6.40. The summed E-state index contributed by atoms with van der Waals surface area (Å²) in [5.74, 6) is -0.376. The van der Waals surface area contributed by atoms with Gasteiger partial charge in [0, 0.05) is 12.7 Å². The van der Waals surface area contributed by atoms with Crippen molar-refractivity contribution in [3.05, 3.63) is 74.3 Å². The maximum atomic E-state index is 13.0. The van der Waals surface area contributed by atoms with Crippen molar-refractivity contribution in [3.8, 4) is 0 Å². The zero-order valence-corrected chi connectivity index (χ0v) is 18.7. The Labute approximate surface area is 194 Å². The molecule has 1 aromatic carbocycles. The van der Waals surface area contributed by atoms with Crippen LogP contribution in [0.1, 0.15) is 52.8 Å². The molecule has 9 heteroatoms. The van der Waals surface area contributed by atoms with Crippen LogP contribution >= 0.6 is 23.2 Å².